The number of carboxylic acid groups (broad SMARTS) is 1. The maximum atomic E-state index is 10.9. The third-order valence-corrected chi connectivity index (χ3v) is 3.24. The summed E-state index contributed by atoms with van der Waals surface area (Å²) < 4.78 is 5.93. The highest BCUT2D eigenvalue weighted by Gasteiger charge is 2.13. The number of aromatic carboxylic acids is 1. The number of nitrogens with one attached hydrogen (secondary N) is 1. The minimum atomic E-state index is -1.00. The zero-order valence-corrected chi connectivity index (χ0v) is 11.5. The predicted molar refractivity (Wildman–Crippen MR) is 72.1 cm³/mol. The van der Waals surface area contributed by atoms with Gasteiger partial charge in [0.25, 0.3) is 0 Å². The lowest BCUT2D eigenvalue weighted by Gasteiger charge is -2.07. The number of carbonyl (C=O) groups is 1. The minimum Gasteiger partial charge on any atom is -0.478 e. The maximum Gasteiger partial charge on any atom is 0.339 e. The van der Waals surface area contributed by atoms with Gasteiger partial charge in [-0.25, -0.2) is 4.79 Å². The highest BCUT2D eigenvalue weighted by atomic mass is 79.9. The Balaban J connectivity index is 2.11. The first-order valence-electron chi connectivity index (χ1n) is 5.06. The van der Waals surface area contributed by atoms with E-state index in [-0.39, 0.29) is 12.1 Å². The zero-order valence-electron chi connectivity index (χ0n) is 9.11. The standard InChI is InChI=1S/C12H9BrClNO3/c13-9-5-7(14)1-2-10(9)15-6-11-8(12(16)17)3-4-18-11/h1-5,15H,6H2,(H,16,17). The molecule has 0 amide bonds. The van der Waals surface area contributed by atoms with Crippen molar-refractivity contribution in [3.63, 3.8) is 0 Å². The van der Waals surface area contributed by atoms with Crippen LogP contribution in [0, 0.1) is 0 Å². The van der Waals surface area contributed by atoms with Crippen LogP contribution in [0.5, 0.6) is 0 Å². The van der Waals surface area contributed by atoms with Crippen LogP contribution in [0.1, 0.15) is 16.1 Å². The summed E-state index contributed by atoms with van der Waals surface area (Å²) in [6.45, 7) is 0.287. The van der Waals surface area contributed by atoms with Gasteiger partial charge in [0.2, 0.25) is 0 Å². The number of furan rings is 1. The van der Waals surface area contributed by atoms with E-state index in [0.717, 1.165) is 10.2 Å². The van der Waals surface area contributed by atoms with Gasteiger partial charge in [0, 0.05) is 15.2 Å². The van der Waals surface area contributed by atoms with Gasteiger partial charge in [-0.1, -0.05) is 11.6 Å². The molecule has 0 unspecified atom stereocenters. The molecule has 4 nitrogen and oxygen atoms in total. The fraction of sp³-hybridized carbons (Fsp3) is 0.0833. The molecule has 0 spiro atoms. The molecule has 0 saturated carbocycles. The molecule has 94 valence electrons. The van der Waals surface area contributed by atoms with E-state index in [1.807, 2.05) is 0 Å². The smallest absolute Gasteiger partial charge is 0.339 e. The Morgan fingerprint density at radius 2 is 2.22 bits per heavy atom. The van der Waals surface area contributed by atoms with Gasteiger partial charge in [0.15, 0.2) is 0 Å². The quantitative estimate of drug-likeness (QED) is 0.889. The second kappa shape index (κ2) is 5.46. The molecule has 0 fully saturated rings. The Labute approximate surface area is 117 Å². The van der Waals surface area contributed by atoms with Crippen molar-refractivity contribution in [2.24, 2.45) is 0 Å². The first-order chi connectivity index (χ1) is 8.58. The highest BCUT2D eigenvalue weighted by molar-refractivity contribution is 9.10. The van der Waals surface area contributed by atoms with E-state index in [2.05, 4.69) is 21.2 Å². The lowest BCUT2D eigenvalue weighted by Crippen LogP contribution is -2.04. The number of hydrogen-bond donors (Lipinski definition) is 2. The number of carboxylic acids is 1. The molecule has 0 aliphatic carbocycles. The van der Waals surface area contributed by atoms with Crippen molar-refractivity contribution in [1.29, 1.82) is 0 Å². The van der Waals surface area contributed by atoms with Crippen LogP contribution < -0.4 is 5.32 Å². The van der Waals surface area contributed by atoms with Crippen LogP contribution in [0.25, 0.3) is 0 Å². The first-order valence-corrected chi connectivity index (χ1v) is 6.23. The van der Waals surface area contributed by atoms with Gasteiger partial charge < -0.3 is 14.8 Å². The molecule has 6 heteroatoms. The number of hydrogen-bond acceptors (Lipinski definition) is 3. The van der Waals surface area contributed by atoms with E-state index in [9.17, 15) is 4.79 Å². The number of benzene rings is 1. The van der Waals surface area contributed by atoms with E-state index < -0.39 is 5.97 Å². The molecule has 0 aliphatic heterocycles. The molecular weight excluding hydrogens is 321 g/mol. The average Bonchev–Trinajstić information content (AvgIpc) is 2.76. The van der Waals surface area contributed by atoms with Crippen LogP contribution in [0.15, 0.2) is 39.4 Å². The summed E-state index contributed by atoms with van der Waals surface area (Å²) in [5.74, 6) is -0.625. The Morgan fingerprint density at radius 1 is 1.44 bits per heavy atom. The summed E-state index contributed by atoms with van der Waals surface area (Å²) in [5, 5.41) is 12.6. The van der Waals surface area contributed by atoms with Gasteiger partial charge in [-0.05, 0) is 40.2 Å². The molecule has 0 bridgehead atoms. The molecule has 18 heavy (non-hydrogen) atoms. The lowest BCUT2D eigenvalue weighted by atomic mass is 10.2. The van der Waals surface area contributed by atoms with Crippen LogP contribution in [-0.4, -0.2) is 11.1 Å². The van der Waals surface area contributed by atoms with Gasteiger partial charge in [-0.15, -0.1) is 0 Å². The van der Waals surface area contributed by atoms with Crippen molar-refractivity contribution in [2.75, 3.05) is 5.32 Å². The minimum absolute atomic E-state index is 0.160. The van der Waals surface area contributed by atoms with E-state index in [1.165, 1.54) is 12.3 Å². The summed E-state index contributed by atoms with van der Waals surface area (Å²) in [6.07, 6.45) is 1.36. The largest absolute Gasteiger partial charge is 0.478 e. The molecule has 0 atom stereocenters. The average molecular weight is 331 g/mol. The number of rotatable bonds is 4. The zero-order chi connectivity index (χ0) is 13.1. The molecule has 0 aliphatic rings. The van der Waals surface area contributed by atoms with Crippen molar-refractivity contribution in [1.82, 2.24) is 0 Å². The second-order valence-electron chi connectivity index (χ2n) is 3.54. The summed E-state index contributed by atoms with van der Waals surface area (Å²) in [5.41, 5.74) is 0.972. The summed E-state index contributed by atoms with van der Waals surface area (Å²) >= 11 is 9.19. The molecule has 2 rings (SSSR count). The molecule has 0 radical (unpaired) electrons. The Bertz CT molecular complexity index is 582. The van der Waals surface area contributed by atoms with Crippen molar-refractivity contribution in [2.45, 2.75) is 6.54 Å². The maximum absolute atomic E-state index is 10.9. The van der Waals surface area contributed by atoms with Crippen LogP contribution in [0.2, 0.25) is 5.02 Å². The van der Waals surface area contributed by atoms with Gasteiger partial charge in [0.05, 0.1) is 12.8 Å². The second-order valence-corrected chi connectivity index (χ2v) is 4.83. The highest BCUT2D eigenvalue weighted by Crippen LogP contribution is 2.26. The van der Waals surface area contributed by atoms with Crippen molar-refractivity contribution in [3.05, 3.63) is 51.3 Å². The summed E-state index contributed by atoms with van der Waals surface area (Å²) in [4.78, 5) is 10.9. The summed E-state index contributed by atoms with van der Waals surface area (Å²) in [7, 11) is 0. The molecule has 2 aromatic rings. The van der Waals surface area contributed by atoms with E-state index in [0.29, 0.717) is 10.8 Å². The number of halogens is 2. The van der Waals surface area contributed by atoms with Crippen LogP contribution in [0.4, 0.5) is 5.69 Å². The van der Waals surface area contributed by atoms with E-state index in [4.69, 9.17) is 21.1 Å². The Morgan fingerprint density at radius 3 is 2.89 bits per heavy atom. The third kappa shape index (κ3) is 2.86. The van der Waals surface area contributed by atoms with Gasteiger partial charge >= 0.3 is 5.97 Å². The fourth-order valence-corrected chi connectivity index (χ4v) is 2.30. The topological polar surface area (TPSA) is 62.5 Å². The molecule has 2 N–H and O–H groups in total. The first kappa shape index (κ1) is 13.0. The van der Waals surface area contributed by atoms with Gasteiger partial charge in [-0.2, -0.15) is 0 Å². The fourth-order valence-electron chi connectivity index (χ4n) is 1.48. The molecule has 1 heterocycles. The predicted octanol–water partition coefficient (Wildman–Crippen LogP) is 4.01. The van der Waals surface area contributed by atoms with Gasteiger partial charge in [-0.3, -0.25) is 0 Å². The van der Waals surface area contributed by atoms with Crippen molar-refractivity contribution < 1.29 is 14.3 Å². The molecule has 0 saturated heterocycles. The van der Waals surface area contributed by atoms with E-state index in [1.54, 1.807) is 18.2 Å². The molecular formula is C12H9BrClNO3. The van der Waals surface area contributed by atoms with Gasteiger partial charge in [0.1, 0.15) is 11.3 Å². The van der Waals surface area contributed by atoms with Crippen LogP contribution in [0.3, 0.4) is 0 Å². The van der Waals surface area contributed by atoms with Crippen LogP contribution >= 0.6 is 27.5 Å². The van der Waals surface area contributed by atoms with Crippen LogP contribution in [-0.2, 0) is 6.54 Å². The normalized spacial score (nSPS) is 10.3. The summed E-state index contributed by atoms with van der Waals surface area (Å²) in [6, 6.07) is 6.73. The third-order valence-electron chi connectivity index (χ3n) is 2.35. The lowest BCUT2D eigenvalue weighted by molar-refractivity contribution is 0.0694. The van der Waals surface area contributed by atoms with E-state index >= 15 is 0 Å². The van der Waals surface area contributed by atoms with Crippen molar-refractivity contribution >= 4 is 39.2 Å². The number of anilines is 1. The Hall–Kier alpha value is -1.46. The molecule has 1 aromatic carbocycles. The monoisotopic (exact) mass is 329 g/mol. The molecule has 1 aromatic heterocycles. The Kier molecular flexibility index (Phi) is 3.93. The van der Waals surface area contributed by atoms with Crippen molar-refractivity contribution in [3.8, 4) is 0 Å². The SMILES string of the molecule is O=C(O)c1ccoc1CNc1ccc(Cl)cc1Br.